The van der Waals surface area contributed by atoms with E-state index in [0.29, 0.717) is 5.28 Å². The average Bonchev–Trinajstić information content (AvgIpc) is 2.65. The Morgan fingerprint density at radius 3 is 3.20 bits per heavy atom. The van der Waals surface area contributed by atoms with Crippen LogP contribution in [0.5, 0.6) is 0 Å². The van der Waals surface area contributed by atoms with Crippen molar-refractivity contribution < 1.29 is 0 Å². The maximum atomic E-state index is 5.76. The third-order valence-electron chi connectivity index (χ3n) is 3.02. The summed E-state index contributed by atoms with van der Waals surface area (Å²) in [7, 11) is 0. The molecule has 15 heavy (non-hydrogen) atoms. The number of halogens is 1. The molecule has 2 heterocycles. The third-order valence-corrected chi connectivity index (χ3v) is 3.20. The van der Waals surface area contributed by atoms with Crippen LogP contribution >= 0.6 is 11.6 Å². The summed E-state index contributed by atoms with van der Waals surface area (Å²) >= 11 is 5.76. The van der Waals surface area contributed by atoms with Gasteiger partial charge in [-0.05, 0) is 43.5 Å². The number of likely N-dealkylation sites (tertiary alicyclic amines) is 1. The lowest BCUT2D eigenvalue weighted by Gasteiger charge is -2.22. The lowest BCUT2D eigenvalue weighted by Crippen LogP contribution is -2.28. The Hall–Kier alpha value is -0.670. The number of rotatable bonds is 3. The molecule has 1 atom stereocenters. The molecule has 1 aromatic rings. The Kier molecular flexibility index (Phi) is 3.54. The highest BCUT2D eigenvalue weighted by atomic mass is 35.5. The number of nitrogens with zero attached hydrogens (tertiary/aromatic N) is 3. The highest BCUT2D eigenvalue weighted by Gasteiger charge is 2.22. The van der Waals surface area contributed by atoms with Crippen molar-refractivity contribution in [3.8, 4) is 0 Å². The molecule has 0 spiro atoms. The Balaban J connectivity index is 2.02. The van der Waals surface area contributed by atoms with Crippen LogP contribution in [-0.4, -0.2) is 27.5 Å². The molecule has 1 aliphatic rings. The van der Waals surface area contributed by atoms with Gasteiger partial charge in [-0.25, -0.2) is 9.97 Å². The van der Waals surface area contributed by atoms with E-state index in [0.717, 1.165) is 18.3 Å². The third kappa shape index (κ3) is 2.67. The Morgan fingerprint density at radius 2 is 2.47 bits per heavy atom. The minimum Gasteiger partial charge on any atom is -0.295 e. The van der Waals surface area contributed by atoms with Gasteiger partial charge in [-0.2, -0.15) is 0 Å². The highest BCUT2D eigenvalue weighted by Crippen LogP contribution is 2.21. The molecule has 82 valence electrons. The fraction of sp³-hybridized carbons (Fsp3) is 0.636. The smallest absolute Gasteiger partial charge is 0.222 e. The zero-order chi connectivity index (χ0) is 10.7. The molecule has 3 nitrogen and oxygen atoms in total. The minimum absolute atomic E-state index is 0.347. The monoisotopic (exact) mass is 225 g/mol. The molecule has 1 aliphatic heterocycles. The van der Waals surface area contributed by atoms with Crippen LogP contribution in [0.25, 0.3) is 0 Å². The van der Waals surface area contributed by atoms with Crippen molar-refractivity contribution in [2.24, 2.45) is 0 Å². The van der Waals surface area contributed by atoms with Crippen molar-refractivity contribution in [3.05, 3.63) is 23.2 Å². The van der Waals surface area contributed by atoms with Crippen molar-refractivity contribution in [1.29, 1.82) is 0 Å². The zero-order valence-corrected chi connectivity index (χ0v) is 9.74. The normalized spacial score (nSPS) is 22.1. The van der Waals surface area contributed by atoms with E-state index < -0.39 is 0 Å². The summed E-state index contributed by atoms with van der Waals surface area (Å²) in [4.78, 5) is 10.6. The van der Waals surface area contributed by atoms with Crippen LogP contribution in [0, 0.1) is 0 Å². The molecule has 0 amide bonds. The van der Waals surface area contributed by atoms with E-state index in [1.165, 1.54) is 25.8 Å². The van der Waals surface area contributed by atoms with Crippen LogP contribution in [0.15, 0.2) is 12.3 Å². The van der Waals surface area contributed by atoms with Crippen LogP contribution in [-0.2, 0) is 6.54 Å². The molecule has 1 aromatic heterocycles. The lowest BCUT2D eigenvalue weighted by molar-refractivity contribution is 0.237. The molecule has 0 aromatic carbocycles. The van der Waals surface area contributed by atoms with E-state index in [2.05, 4.69) is 21.8 Å². The van der Waals surface area contributed by atoms with Gasteiger partial charge in [0, 0.05) is 18.8 Å². The molecular formula is C11H16ClN3. The Bertz CT molecular complexity index is 329. The van der Waals surface area contributed by atoms with Crippen LogP contribution < -0.4 is 0 Å². The lowest BCUT2D eigenvalue weighted by atomic mass is 10.2. The maximum Gasteiger partial charge on any atom is 0.222 e. The van der Waals surface area contributed by atoms with E-state index in [-0.39, 0.29) is 0 Å². The van der Waals surface area contributed by atoms with Crippen molar-refractivity contribution in [2.45, 2.75) is 38.8 Å². The van der Waals surface area contributed by atoms with Gasteiger partial charge < -0.3 is 0 Å². The predicted molar refractivity (Wildman–Crippen MR) is 60.8 cm³/mol. The van der Waals surface area contributed by atoms with Gasteiger partial charge in [0.2, 0.25) is 5.28 Å². The fourth-order valence-electron chi connectivity index (χ4n) is 2.23. The van der Waals surface area contributed by atoms with Crippen LogP contribution in [0.1, 0.15) is 31.9 Å². The van der Waals surface area contributed by atoms with Crippen LogP contribution in [0.2, 0.25) is 5.28 Å². The summed E-state index contributed by atoms with van der Waals surface area (Å²) in [5, 5.41) is 0.347. The van der Waals surface area contributed by atoms with Gasteiger partial charge in [0.25, 0.3) is 0 Å². The summed E-state index contributed by atoms with van der Waals surface area (Å²) < 4.78 is 0. The quantitative estimate of drug-likeness (QED) is 0.741. The first kappa shape index (κ1) is 10.8. The largest absolute Gasteiger partial charge is 0.295 e. The first-order valence-corrected chi connectivity index (χ1v) is 5.89. The van der Waals surface area contributed by atoms with Gasteiger partial charge in [0.1, 0.15) is 0 Å². The average molecular weight is 226 g/mol. The fourth-order valence-corrected chi connectivity index (χ4v) is 2.40. The summed E-state index contributed by atoms with van der Waals surface area (Å²) in [6.45, 7) is 4.33. The molecule has 2 rings (SSSR count). The first-order chi connectivity index (χ1) is 7.29. The highest BCUT2D eigenvalue weighted by molar-refractivity contribution is 6.28. The molecule has 0 bridgehead atoms. The van der Waals surface area contributed by atoms with Crippen LogP contribution in [0.4, 0.5) is 0 Å². The number of aromatic nitrogens is 2. The van der Waals surface area contributed by atoms with E-state index in [1.807, 2.05) is 6.07 Å². The summed E-state index contributed by atoms with van der Waals surface area (Å²) in [6, 6.07) is 2.66. The van der Waals surface area contributed by atoms with Crippen molar-refractivity contribution in [3.63, 3.8) is 0 Å². The second kappa shape index (κ2) is 4.90. The predicted octanol–water partition coefficient (Wildman–Crippen LogP) is 2.50. The second-order valence-electron chi connectivity index (χ2n) is 3.99. The Morgan fingerprint density at radius 1 is 1.60 bits per heavy atom. The van der Waals surface area contributed by atoms with Crippen molar-refractivity contribution >= 4 is 11.6 Å². The molecular weight excluding hydrogens is 210 g/mol. The Labute approximate surface area is 95.5 Å². The molecule has 1 unspecified atom stereocenters. The molecule has 1 fully saturated rings. The van der Waals surface area contributed by atoms with E-state index in [9.17, 15) is 0 Å². The maximum absolute atomic E-state index is 5.76. The van der Waals surface area contributed by atoms with Crippen molar-refractivity contribution in [2.75, 3.05) is 6.54 Å². The second-order valence-corrected chi connectivity index (χ2v) is 4.33. The SMILES string of the molecule is CCC1CCCN1Cc1ccnc(Cl)n1. The number of hydrogen-bond acceptors (Lipinski definition) is 3. The van der Waals surface area contributed by atoms with Gasteiger partial charge in [-0.1, -0.05) is 6.92 Å². The summed E-state index contributed by atoms with van der Waals surface area (Å²) in [5.41, 5.74) is 1.02. The summed E-state index contributed by atoms with van der Waals surface area (Å²) in [5.74, 6) is 0. The standard InChI is InChI=1S/C11H16ClN3/c1-2-10-4-3-7-15(10)8-9-5-6-13-11(12)14-9/h5-6,10H,2-4,7-8H2,1H3. The van der Waals surface area contributed by atoms with E-state index >= 15 is 0 Å². The minimum atomic E-state index is 0.347. The van der Waals surface area contributed by atoms with E-state index in [1.54, 1.807) is 6.20 Å². The summed E-state index contributed by atoms with van der Waals surface area (Å²) in [6.07, 6.45) is 5.56. The molecule has 0 N–H and O–H groups in total. The van der Waals surface area contributed by atoms with Crippen molar-refractivity contribution in [1.82, 2.24) is 14.9 Å². The molecule has 0 aliphatic carbocycles. The van der Waals surface area contributed by atoms with Crippen LogP contribution in [0.3, 0.4) is 0 Å². The molecule has 1 saturated heterocycles. The van der Waals surface area contributed by atoms with Gasteiger partial charge in [0.15, 0.2) is 0 Å². The van der Waals surface area contributed by atoms with Gasteiger partial charge in [-0.3, -0.25) is 4.90 Å². The van der Waals surface area contributed by atoms with Gasteiger partial charge in [0.05, 0.1) is 5.69 Å². The van der Waals surface area contributed by atoms with Gasteiger partial charge >= 0.3 is 0 Å². The molecule has 0 saturated carbocycles. The van der Waals surface area contributed by atoms with E-state index in [4.69, 9.17) is 11.6 Å². The molecule has 0 radical (unpaired) electrons. The molecule has 4 heteroatoms. The van der Waals surface area contributed by atoms with Gasteiger partial charge in [-0.15, -0.1) is 0 Å². The topological polar surface area (TPSA) is 29.0 Å². The zero-order valence-electron chi connectivity index (χ0n) is 8.99. The number of hydrogen-bond donors (Lipinski definition) is 0. The first-order valence-electron chi connectivity index (χ1n) is 5.51.